The monoisotopic (exact) mass is 471 g/mol. The van der Waals surface area contributed by atoms with Crippen molar-refractivity contribution in [2.24, 2.45) is 0 Å². The molecule has 0 atom stereocenters. The molecule has 2 aromatic heterocycles. The van der Waals surface area contributed by atoms with E-state index in [9.17, 15) is 9.59 Å². The molecule has 1 fully saturated rings. The van der Waals surface area contributed by atoms with Crippen LogP contribution in [0.3, 0.4) is 0 Å². The van der Waals surface area contributed by atoms with Crippen molar-refractivity contribution in [2.45, 2.75) is 13.0 Å². The van der Waals surface area contributed by atoms with Gasteiger partial charge in [0.15, 0.2) is 17.3 Å². The number of fused-ring (bicyclic) bond motifs is 5. The van der Waals surface area contributed by atoms with Crippen molar-refractivity contribution in [1.82, 2.24) is 14.5 Å². The Bertz CT molecular complexity index is 1270. The fraction of sp³-hybridized carbons (Fsp3) is 0.375. The highest BCUT2D eigenvalue weighted by molar-refractivity contribution is 6.26. The number of hydrogen-bond donors (Lipinski definition) is 0. The number of hydrogen-bond acceptors (Lipinski definition) is 7. The van der Waals surface area contributed by atoms with E-state index >= 15 is 0 Å². The van der Waals surface area contributed by atoms with E-state index in [1.807, 2.05) is 0 Å². The third-order valence-electron chi connectivity index (χ3n) is 6.24. The molecule has 1 aromatic carbocycles. The van der Waals surface area contributed by atoms with E-state index < -0.39 is 0 Å². The minimum Gasteiger partial charge on any atom is -0.493 e. The van der Waals surface area contributed by atoms with Gasteiger partial charge in [0, 0.05) is 37.8 Å². The van der Waals surface area contributed by atoms with Crippen LogP contribution in [0.1, 0.15) is 22.3 Å². The summed E-state index contributed by atoms with van der Waals surface area (Å²) in [6.07, 6.45) is 2.43. The number of carbonyl (C=O) groups excluding carboxylic acids is 1. The number of pyridine rings is 2. The lowest BCUT2D eigenvalue weighted by molar-refractivity contribution is 0.0369. The van der Waals surface area contributed by atoms with E-state index in [-0.39, 0.29) is 23.7 Å². The zero-order valence-electron chi connectivity index (χ0n) is 18.6. The number of morpholine rings is 1. The molecule has 0 N–H and O–H groups in total. The number of rotatable bonds is 6. The van der Waals surface area contributed by atoms with Gasteiger partial charge in [-0.15, -0.1) is 12.4 Å². The number of methoxy groups -OCH3 is 2. The Morgan fingerprint density at radius 2 is 1.73 bits per heavy atom. The standard InChI is InChI=1S/C24H25N3O5.ClH/c1-30-18-13-16-17(14-19(18)31-2)24(29)27(8-4-7-26-9-11-32-12-10-26)22-20(16)23(28)15-5-3-6-25-21(15)22;/h3,5-6,13-14H,4,7-12H2,1-2H3;1H. The van der Waals surface area contributed by atoms with Crippen LogP contribution in [0.5, 0.6) is 11.5 Å². The molecule has 0 bridgehead atoms. The average molecular weight is 472 g/mol. The molecular formula is C24H26ClN3O5. The molecule has 1 aliphatic heterocycles. The third kappa shape index (κ3) is 3.88. The van der Waals surface area contributed by atoms with Crippen LogP contribution in [0.2, 0.25) is 0 Å². The van der Waals surface area contributed by atoms with E-state index in [4.69, 9.17) is 14.2 Å². The molecule has 1 aliphatic carbocycles. The van der Waals surface area contributed by atoms with Crippen molar-refractivity contribution in [3.05, 3.63) is 51.9 Å². The van der Waals surface area contributed by atoms with Crippen molar-refractivity contribution in [3.63, 3.8) is 0 Å². The first-order chi connectivity index (χ1) is 15.6. The largest absolute Gasteiger partial charge is 0.493 e. The van der Waals surface area contributed by atoms with Gasteiger partial charge >= 0.3 is 0 Å². The smallest absolute Gasteiger partial charge is 0.259 e. The quantitative estimate of drug-likeness (QED) is 0.427. The van der Waals surface area contributed by atoms with Gasteiger partial charge in [-0.3, -0.25) is 19.5 Å². The molecule has 174 valence electrons. The maximum Gasteiger partial charge on any atom is 0.259 e. The van der Waals surface area contributed by atoms with E-state index in [1.54, 1.807) is 35.0 Å². The lowest BCUT2D eigenvalue weighted by atomic mass is 10.0. The second kappa shape index (κ2) is 9.51. The molecule has 0 saturated carbocycles. The van der Waals surface area contributed by atoms with E-state index in [2.05, 4.69) is 9.88 Å². The Hall–Kier alpha value is -2.94. The van der Waals surface area contributed by atoms with Crippen LogP contribution in [0.15, 0.2) is 35.3 Å². The number of halogens is 1. The zero-order chi connectivity index (χ0) is 22.2. The summed E-state index contributed by atoms with van der Waals surface area (Å²) < 4.78 is 18.0. The van der Waals surface area contributed by atoms with Gasteiger partial charge in [0.1, 0.15) is 0 Å². The van der Waals surface area contributed by atoms with Gasteiger partial charge in [-0.1, -0.05) is 0 Å². The molecule has 5 rings (SSSR count). The first-order valence-electron chi connectivity index (χ1n) is 10.8. The maximum absolute atomic E-state index is 13.6. The minimum absolute atomic E-state index is 0. The van der Waals surface area contributed by atoms with Gasteiger partial charge in [0.2, 0.25) is 0 Å². The number of ketones is 1. The summed E-state index contributed by atoms with van der Waals surface area (Å²) in [4.78, 5) is 33.8. The van der Waals surface area contributed by atoms with Gasteiger partial charge in [-0.25, -0.2) is 0 Å². The van der Waals surface area contributed by atoms with Crippen LogP contribution in [-0.4, -0.2) is 67.3 Å². The molecule has 0 unspecified atom stereocenters. The average Bonchev–Trinajstić information content (AvgIpc) is 3.13. The second-order valence-corrected chi connectivity index (χ2v) is 7.97. The minimum atomic E-state index is -0.159. The highest BCUT2D eigenvalue weighted by Crippen LogP contribution is 2.41. The summed E-state index contributed by atoms with van der Waals surface area (Å²) in [6, 6.07) is 6.89. The van der Waals surface area contributed by atoms with Gasteiger partial charge in [-0.2, -0.15) is 0 Å². The predicted molar refractivity (Wildman–Crippen MR) is 127 cm³/mol. The Morgan fingerprint density at radius 1 is 1.03 bits per heavy atom. The molecule has 8 nitrogen and oxygen atoms in total. The van der Waals surface area contributed by atoms with Gasteiger partial charge in [-0.05, 0) is 30.7 Å². The first-order valence-corrected chi connectivity index (χ1v) is 10.8. The first kappa shape index (κ1) is 23.2. The second-order valence-electron chi connectivity index (χ2n) is 7.97. The lowest BCUT2D eigenvalue weighted by Gasteiger charge is -2.26. The van der Waals surface area contributed by atoms with Crippen LogP contribution in [0, 0.1) is 0 Å². The molecule has 0 radical (unpaired) electrons. The van der Waals surface area contributed by atoms with Crippen LogP contribution in [0.4, 0.5) is 0 Å². The lowest BCUT2D eigenvalue weighted by Crippen LogP contribution is -2.37. The molecule has 1 saturated heterocycles. The maximum atomic E-state index is 13.6. The molecule has 3 aromatic rings. The Morgan fingerprint density at radius 3 is 2.42 bits per heavy atom. The van der Waals surface area contributed by atoms with E-state index in [0.717, 1.165) is 39.3 Å². The molecule has 3 heterocycles. The third-order valence-corrected chi connectivity index (χ3v) is 6.24. The summed E-state index contributed by atoms with van der Waals surface area (Å²) in [7, 11) is 3.07. The Labute approximate surface area is 197 Å². The number of benzene rings is 1. The highest BCUT2D eigenvalue weighted by atomic mass is 35.5. The molecule has 0 amide bonds. The molecule has 2 aliphatic rings. The Kier molecular flexibility index (Phi) is 6.69. The predicted octanol–water partition coefficient (Wildman–Crippen LogP) is 2.77. The van der Waals surface area contributed by atoms with Gasteiger partial charge < -0.3 is 18.8 Å². The molecule has 9 heteroatoms. The van der Waals surface area contributed by atoms with Gasteiger partial charge in [0.05, 0.1) is 55.3 Å². The number of nitrogens with zero attached hydrogens (tertiary/aromatic N) is 3. The van der Waals surface area contributed by atoms with Crippen LogP contribution < -0.4 is 15.0 Å². The van der Waals surface area contributed by atoms with E-state index in [0.29, 0.717) is 51.3 Å². The summed E-state index contributed by atoms with van der Waals surface area (Å²) in [6.45, 7) is 4.61. The molecule has 0 spiro atoms. The van der Waals surface area contributed by atoms with Crippen LogP contribution in [-0.2, 0) is 11.3 Å². The van der Waals surface area contributed by atoms with Crippen molar-refractivity contribution in [2.75, 3.05) is 47.1 Å². The normalized spacial score (nSPS) is 15.2. The Balaban J connectivity index is 0.00000259. The summed E-state index contributed by atoms with van der Waals surface area (Å²) >= 11 is 0. The topological polar surface area (TPSA) is 82.9 Å². The zero-order valence-corrected chi connectivity index (χ0v) is 19.4. The fourth-order valence-electron chi connectivity index (χ4n) is 4.65. The van der Waals surface area contributed by atoms with Crippen LogP contribution >= 0.6 is 12.4 Å². The molecular weight excluding hydrogens is 446 g/mol. The number of carbonyl (C=O) groups is 1. The number of aromatic nitrogens is 2. The number of ether oxygens (including phenoxy) is 3. The van der Waals surface area contributed by atoms with Crippen molar-refractivity contribution >= 4 is 29.0 Å². The SMILES string of the molecule is COc1cc2c3c(n(CCCN4CCOCC4)c(=O)c2cc1OC)-c1ncccc1C3=O.Cl. The van der Waals surface area contributed by atoms with Crippen molar-refractivity contribution in [1.29, 1.82) is 0 Å². The van der Waals surface area contributed by atoms with Crippen LogP contribution in [0.25, 0.3) is 22.2 Å². The highest BCUT2D eigenvalue weighted by Gasteiger charge is 2.34. The molecule has 33 heavy (non-hydrogen) atoms. The van der Waals surface area contributed by atoms with Gasteiger partial charge in [0.25, 0.3) is 5.56 Å². The van der Waals surface area contributed by atoms with Crippen molar-refractivity contribution in [3.8, 4) is 22.9 Å². The van der Waals surface area contributed by atoms with Crippen molar-refractivity contribution < 1.29 is 19.0 Å². The summed E-state index contributed by atoms with van der Waals surface area (Å²) in [5.41, 5.74) is 2.02. The fourth-order valence-corrected chi connectivity index (χ4v) is 4.65. The van der Waals surface area contributed by atoms with E-state index in [1.165, 1.54) is 14.2 Å². The summed E-state index contributed by atoms with van der Waals surface area (Å²) in [5, 5.41) is 1.00. The summed E-state index contributed by atoms with van der Waals surface area (Å²) in [5.74, 6) is 0.809.